The summed E-state index contributed by atoms with van der Waals surface area (Å²) in [4.78, 5) is 2.19. The quantitative estimate of drug-likeness (QED) is 0.673. The highest BCUT2D eigenvalue weighted by atomic mass is 35.5. The lowest BCUT2D eigenvalue weighted by Gasteiger charge is -2.44. The maximum Gasteiger partial charge on any atom is 0.0825 e. The lowest BCUT2D eigenvalue weighted by Crippen LogP contribution is -2.59. The number of halogens is 1. The molecule has 0 bridgehead atoms. The first-order valence-corrected chi connectivity index (χ1v) is 3.93. The Bertz CT molecular complexity index is 161. The van der Waals surface area contributed by atoms with E-state index in [9.17, 15) is 5.11 Å². The molecule has 2 atom stereocenters. The molecule has 1 N–H and O–H groups in total. The highest BCUT2D eigenvalue weighted by molar-refractivity contribution is 5.85. The van der Waals surface area contributed by atoms with Crippen LogP contribution in [0.15, 0.2) is 25.3 Å². The second kappa shape index (κ2) is 5.36. The molecular formula is C9H16ClNO. The Kier molecular flexibility index (Phi) is 5.22. The minimum Gasteiger partial charge on any atom is -0.390 e. The zero-order valence-corrected chi connectivity index (χ0v) is 7.96. The molecule has 2 unspecified atom stereocenters. The molecule has 1 fully saturated rings. The van der Waals surface area contributed by atoms with E-state index in [-0.39, 0.29) is 24.6 Å². The van der Waals surface area contributed by atoms with E-state index in [0.717, 1.165) is 19.5 Å². The van der Waals surface area contributed by atoms with Gasteiger partial charge in [0.05, 0.1) is 6.10 Å². The van der Waals surface area contributed by atoms with Crippen molar-refractivity contribution in [3.63, 3.8) is 0 Å². The minimum absolute atomic E-state index is 0. The smallest absolute Gasteiger partial charge is 0.0825 e. The largest absolute Gasteiger partial charge is 0.390 e. The molecule has 1 aliphatic heterocycles. The molecule has 0 aromatic carbocycles. The van der Waals surface area contributed by atoms with Gasteiger partial charge in [-0.2, -0.15) is 0 Å². The van der Waals surface area contributed by atoms with E-state index in [1.165, 1.54) is 0 Å². The summed E-state index contributed by atoms with van der Waals surface area (Å²) in [5, 5.41) is 9.31. The van der Waals surface area contributed by atoms with Gasteiger partial charge in [0.15, 0.2) is 0 Å². The van der Waals surface area contributed by atoms with Gasteiger partial charge in [0.25, 0.3) is 0 Å². The van der Waals surface area contributed by atoms with Crippen LogP contribution in [0.5, 0.6) is 0 Å². The van der Waals surface area contributed by atoms with Crippen molar-refractivity contribution >= 4 is 12.4 Å². The molecule has 0 spiro atoms. The molecule has 1 heterocycles. The van der Waals surface area contributed by atoms with Gasteiger partial charge in [0.1, 0.15) is 0 Å². The van der Waals surface area contributed by atoms with Crippen molar-refractivity contribution in [2.75, 3.05) is 13.1 Å². The first kappa shape index (κ1) is 11.7. The molecule has 1 rings (SSSR count). The Morgan fingerprint density at radius 1 is 1.42 bits per heavy atom. The van der Waals surface area contributed by atoms with Crippen molar-refractivity contribution in [1.82, 2.24) is 4.90 Å². The molecule has 0 saturated carbocycles. The number of aliphatic hydroxyl groups is 1. The standard InChI is InChI=1S/C9H15NO.ClH/c1-3-5-8-9(11)7-10(8)6-4-2;/h3-4,8-9,11H,1-2,5-7H2;1H. The van der Waals surface area contributed by atoms with Crippen LogP contribution in [-0.4, -0.2) is 35.2 Å². The Hall–Kier alpha value is -0.310. The van der Waals surface area contributed by atoms with Gasteiger partial charge in [0, 0.05) is 19.1 Å². The van der Waals surface area contributed by atoms with Gasteiger partial charge in [-0.1, -0.05) is 12.2 Å². The van der Waals surface area contributed by atoms with Crippen LogP contribution >= 0.6 is 12.4 Å². The van der Waals surface area contributed by atoms with Gasteiger partial charge in [-0.15, -0.1) is 25.6 Å². The molecule has 2 nitrogen and oxygen atoms in total. The summed E-state index contributed by atoms with van der Waals surface area (Å²) in [5.74, 6) is 0. The lowest BCUT2D eigenvalue weighted by atomic mass is 9.96. The zero-order chi connectivity index (χ0) is 8.27. The summed E-state index contributed by atoms with van der Waals surface area (Å²) in [6.07, 6.45) is 4.42. The predicted molar refractivity (Wildman–Crippen MR) is 53.6 cm³/mol. The number of rotatable bonds is 4. The van der Waals surface area contributed by atoms with E-state index in [1.54, 1.807) is 0 Å². The zero-order valence-electron chi connectivity index (χ0n) is 7.15. The van der Waals surface area contributed by atoms with Gasteiger partial charge in [0.2, 0.25) is 0 Å². The van der Waals surface area contributed by atoms with Crippen LogP contribution < -0.4 is 0 Å². The average Bonchev–Trinajstić information content (AvgIpc) is 2.00. The third-order valence-electron chi connectivity index (χ3n) is 2.11. The molecule has 0 radical (unpaired) electrons. The fourth-order valence-corrected chi connectivity index (χ4v) is 1.46. The number of nitrogens with zero attached hydrogens (tertiary/aromatic N) is 1. The molecule has 0 aromatic heterocycles. The summed E-state index contributed by atoms with van der Waals surface area (Å²) >= 11 is 0. The van der Waals surface area contributed by atoms with Crippen molar-refractivity contribution < 1.29 is 5.11 Å². The lowest BCUT2D eigenvalue weighted by molar-refractivity contribution is -0.0523. The molecule has 0 aliphatic carbocycles. The maximum atomic E-state index is 9.31. The highest BCUT2D eigenvalue weighted by Gasteiger charge is 2.35. The van der Waals surface area contributed by atoms with E-state index in [1.807, 2.05) is 12.2 Å². The molecule has 0 amide bonds. The number of aliphatic hydroxyl groups excluding tert-OH is 1. The van der Waals surface area contributed by atoms with E-state index >= 15 is 0 Å². The SMILES string of the molecule is C=CCC1C(O)CN1CC=C.Cl. The Morgan fingerprint density at radius 3 is 2.50 bits per heavy atom. The molecule has 12 heavy (non-hydrogen) atoms. The number of hydrogen-bond acceptors (Lipinski definition) is 2. The number of hydrogen-bond donors (Lipinski definition) is 1. The maximum absolute atomic E-state index is 9.31. The fourth-order valence-electron chi connectivity index (χ4n) is 1.46. The van der Waals surface area contributed by atoms with E-state index < -0.39 is 0 Å². The molecule has 1 saturated heterocycles. The molecule has 3 heteroatoms. The van der Waals surface area contributed by atoms with Crippen LogP contribution in [0, 0.1) is 0 Å². The van der Waals surface area contributed by atoms with Crippen molar-refractivity contribution in [1.29, 1.82) is 0 Å². The Labute approximate surface area is 80.0 Å². The predicted octanol–water partition coefficient (Wildman–Crippen LogP) is 1.22. The first-order valence-electron chi connectivity index (χ1n) is 3.93. The third kappa shape index (κ3) is 2.34. The molecular weight excluding hydrogens is 174 g/mol. The van der Waals surface area contributed by atoms with E-state index in [0.29, 0.717) is 0 Å². The van der Waals surface area contributed by atoms with Crippen LogP contribution in [0.3, 0.4) is 0 Å². The summed E-state index contributed by atoms with van der Waals surface area (Å²) < 4.78 is 0. The van der Waals surface area contributed by atoms with Crippen molar-refractivity contribution in [3.05, 3.63) is 25.3 Å². The summed E-state index contributed by atoms with van der Waals surface area (Å²) in [6, 6.07) is 0.283. The molecule has 0 aromatic rings. The van der Waals surface area contributed by atoms with Gasteiger partial charge in [-0.05, 0) is 6.42 Å². The Morgan fingerprint density at radius 2 is 2.08 bits per heavy atom. The normalized spacial score (nSPS) is 28.4. The molecule has 70 valence electrons. The monoisotopic (exact) mass is 189 g/mol. The second-order valence-electron chi connectivity index (χ2n) is 2.90. The number of β-amino-alcohol motifs (C(OH)–C–C–N with tert-alkyl or cyclic N) is 1. The summed E-state index contributed by atoms with van der Waals surface area (Å²) in [5.41, 5.74) is 0. The van der Waals surface area contributed by atoms with Crippen molar-refractivity contribution in [3.8, 4) is 0 Å². The van der Waals surface area contributed by atoms with E-state index in [2.05, 4.69) is 18.1 Å². The third-order valence-corrected chi connectivity index (χ3v) is 2.11. The minimum atomic E-state index is -0.159. The van der Waals surface area contributed by atoms with Gasteiger partial charge in [-0.3, -0.25) is 4.90 Å². The summed E-state index contributed by atoms with van der Waals surface area (Å²) in [7, 11) is 0. The topological polar surface area (TPSA) is 23.5 Å². The highest BCUT2D eigenvalue weighted by Crippen LogP contribution is 2.20. The van der Waals surface area contributed by atoms with E-state index in [4.69, 9.17) is 0 Å². The number of likely N-dealkylation sites (tertiary alicyclic amines) is 1. The van der Waals surface area contributed by atoms with Crippen LogP contribution in [0.2, 0.25) is 0 Å². The van der Waals surface area contributed by atoms with Gasteiger partial charge < -0.3 is 5.11 Å². The fraction of sp³-hybridized carbons (Fsp3) is 0.556. The van der Waals surface area contributed by atoms with Crippen LogP contribution in [0.4, 0.5) is 0 Å². The van der Waals surface area contributed by atoms with Crippen molar-refractivity contribution in [2.24, 2.45) is 0 Å². The summed E-state index contributed by atoms with van der Waals surface area (Å²) in [6.45, 7) is 8.95. The second-order valence-corrected chi connectivity index (χ2v) is 2.90. The van der Waals surface area contributed by atoms with Gasteiger partial charge in [-0.25, -0.2) is 0 Å². The Balaban J connectivity index is 0.00000121. The first-order chi connectivity index (χ1) is 5.29. The van der Waals surface area contributed by atoms with Crippen LogP contribution in [0.25, 0.3) is 0 Å². The van der Waals surface area contributed by atoms with Crippen molar-refractivity contribution in [2.45, 2.75) is 18.6 Å². The van der Waals surface area contributed by atoms with Crippen LogP contribution in [0.1, 0.15) is 6.42 Å². The average molecular weight is 190 g/mol. The van der Waals surface area contributed by atoms with Crippen LogP contribution in [-0.2, 0) is 0 Å². The van der Waals surface area contributed by atoms with Gasteiger partial charge >= 0.3 is 0 Å². The molecule has 1 aliphatic rings.